The first-order valence-corrected chi connectivity index (χ1v) is 9.72. The first-order chi connectivity index (χ1) is 15.1. The Balaban J connectivity index is 2.00. The lowest BCUT2D eigenvalue weighted by atomic mass is 9.93. The van der Waals surface area contributed by atoms with Gasteiger partial charge in [-0.05, 0) is 24.6 Å². The number of aryl methyl sites for hydroxylation is 1. The molecule has 4 rings (SSSR count). The van der Waals surface area contributed by atoms with Crippen LogP contribution in [0.5, 0.6) is 0 Å². The quantitative estimate of drug-likeness (QED) is 0.329. The molecule has 0 fully saturated rings. The van der Waals surface area contributed by atoms with Gasteiger partial charge in [0, 0.05) is 11.3 Å². The van der Waals surface area contributed by atoms with Crippen LogP contribution in [0, 0.1) is 17.0 Å². The Morgan fingerprint density at radius 3 is 1.90 bits per heavy atom. The zero-order valence-electron chi connectivity index (χ0n) is 16.8. The SMILES string of the molecule is Cc1nc(-c2ccccc2)c([N+](=O)[O-])c(-c2ccccc2)c1C(=O)Nc1ccccc1. The van der Waals surface area contributed by atoms with Gasteiger partial charge < -0.3 is 5.32 Å². The summed E-state index contributed by atoms with van der Waals surface area (Å²) in [5.41, 5.74) is 2.68. The average molecular weight is 409 g/mol. The Kier molecular flexibility index (Phi) is 5.53. The van der Waals surface area contributed by atoms with E-state index in [1.54, 1.807) is 79.7 Å². The van der Waals surface area contributed by atoms with Gasteiger partial charge in [-0.3, -0.25) is 14.9 Å². The van der Waals surface area contributed by atoms with Gasteiger partial charge in [0.25, 0.3) is 5.91 Å². The fourth-order valence-electron chi connectivity index (χ4n) is 3.55. The largest absolute Gasteiger partial charge is 0.322 e. The highest BCUT2D eigenvalue weighted by Gasteiger charge is 2.31. The predicted molar refractivity (Wildman–Crippen MR) is 121 cm³/mol. The molecule has 0 unspecified atom stereocenters. The van der Waals surface area contributed by atoms with Crippen LogP contribution in [0.2, 0.25) is 0 Å². The molecule has 3 aromatic carbocycles. The molecule has 0 saturated heterocycles. The van der Waals surface area contributed by atoms with E-state index in [1.165, 1.54) is 0 Å². The van der Waals surface area contributed by atoms with E-state index in [9.17, 15) is 14.9 Å². The lowest BCUT2D eigenvalue weighted by Crippen LogP contribution is -2.17. The fraction of sp³-hybridized carbons (Fsp3) is 0.0400. The highest BCUT2D eigenvalue weighted by atomic mass is 16.6. The molecule has 4 aromatic rings. The van der Waals surface area contributed by atoms with Gasteiger partial charge in [0.05, 0.1) is 21.7 Å². The number of anilines is 1. The lowest BCUT2D eigenvalue weighted by Gasteiger charge is -2.16. The van der Waals surface area contributed by atoms with E-state index in [0.29, 0.717) is 22.5 Å². The van der Waals surface area contributed by atoms with E-state index in [1.807, 2.05) is 18.2 Å². The third-order valence-electron chi connectivity index (χ3n) is 4.90. The maximum Gasteiger partial charge on any atom is 0.304 e. The molecular formula is C25H19N3O3. The van der Waals surface area contributed by atoms with Gasteiger partial charge >= 0.3 is 5.69 Å². The maximum atomic E-state index is 13.3. The van der Waals surface area contributed by atoms with Crippen molar-refractivity contribution < 1.29 is 9.72 Å². The van der Waals surface area contributed by atoms with E-state index in [0.717, 1.165) is 0 Å². The second-order valence-corrected chi connectivity index (χ2v) is 6.95. The molecule has 1 aromatic heterocycles. The Morgan fingerprint density at radius 2 is 1.35 bits per heavy atom. The average Bonchev–Trinajstić information content (AvgIpc) is 2.79. The monoisotopic (exact) mass is 409 g/mol. The fourth-order valence-corrected chi connectivity index (χ4v) is 3.55. The first kappa shape index (κ1) is 20.0. The van der Waals surface area contributed by atoms with Crippen LogP contribution in [0.1, 0.15) is 16.1 Å². The third kappa shape index (κ3) is 4.04. The third-order valence-corrected chi connectivity index (χ3v) is 4.90. The number of rotatable bonds is 5. The first-order valence-electron chi connectivity index (χ1n) is 9.72. The second kappa shape index (κ2) is 8.59. The highest BCUT2D eigenvalue weighted by molar-refractivity contribution is 6.11. The molecule has 6 nitrogen and oxygen atoms in total. The summed E-state index contributed by atoms with van der Waals surface area (Å²) >= 11 is 0. The van der Waals surface area contributed by atoms with Crippen LogP contribution in [-0.4, -0.2) is 15.8 Å². The van der Waals surface area contributed by atoms with Crippen molar-refractivity contribution in [3.63, 3.8) is 0 Å². The highest BCUT2D eigenvalue weighted by Crippen LogP contribution is 2.41. The van der Waals surface area contributed by atoms with Crippen molar-refractivity contribution in [2.24, 2.45) is 0 Å². The number of nitro groups is 1. The Morgan fingerprint density at radius 1 is 0.839 bits per heavy atom. The molecule has 1 heterocycles. The summed E-state index contributed by atoms with van der Waals surface area (Å²) in [7, 11) is 0. The minimum atomic E-state index is -0.462. The van der Waals surface area contributed by atoms with E-state index < -0.39 is 10.8 Å². The van der Waals surface area contributed by atoms with Gasteiger partial charge in [0.1, 0.15) is 5.69 Å². The number of hydrogen-bond donors (Lipinski definition) is 1. The number of nitrogens with zero attached hydrogens (tertiary/aromatic N) is 2. The molecule has 152 valence electrons. The van der Waals surface area contributed by atoms with Crippen LogP contribution in [-0.2, 0) is 0 Å². The zero-order valence-corrected chi connectivity index (χ0v) is 16.8. The zero-order chi connectivity index (χ0) is 21.8. The van der Waals surface area contributed by atoms with Crippen LogP contribution in [0.3, 0.4) is 0 Å². The van der Waals surface area contributed by atoms with Gasteiger partial charge in [-0.25, -0.2) is 4.98 Å². The van der Waals surface area contributed by atoms with Crippen LogP contribution in [0.4, 0.5) is 11.4 Å². The Bertz CT molecular complexity index is 1240. The number of nitrogens with one attached hydrogen (secondary N) is 1. The van der Waals surface area contributed by atoms with E-state index in [4.69, 9.17) is 0 Å². The van der Waals surface area contributed by atoms with E-state index in [-0.39, 0.29) is 22.5 Å². The number of benzene rings is 3. The molecule has 0 spiro atoms. The van der Waals surface area contributed by atoms with Crippen molar-refractivity contribution >= 4 is 17.3 Å². The smallest absolute Gasteiger partial charge is 0.304 e. The van der Waals surface area contributed by atoms with Gasteiger partial charge in [0.15, 0.2) is 0 Å². The number of carbonyl (C=O) groups excluding carboxylic acids is 1. The molecule has 1 amide bonds. The standard InChI is InChI=1S/C25H19N3O3/c1-17-21(25(29)27-20-15-9-4-10-16-20)22(18-11-5-2-6-12-18)24(28(30)31)23(26-17)19-13-7-3-8-14-19/h2-16H,1H3,(H,27,29). The molecule has 0 bridgehead atoms. The number of pyridine rings is 1. The minimum absolute atomic E-state index is 0.182. The van der Waals surface area contributed by atoms with Crippen LogP contribution < -0.4 is 5.32 Å². The topological polar surface area (TPSA) is 85.1 Å². The Labute approximate surface area is 179 Å². The molecule has 6 heteroatoms. The van der Waals surface area contributed by atoms with E-state index >= 15 is 0 Å². The molecular weight excluding hydrogens is 390 g/mol. The molecule has 0 aliphatic carbocycles. The van der Waals surface area contributed by atoms with Crippen molar-refractivity contribution in [1.29, 1.82) is 0 Å². The molecule has 0 radical (unpaired) electrons. The molecule has 0 aliphatic rings. The van der Waals surface area contributed by atoms with Crippen LogP contribution in [0.25, 0.3) is 22.4 Å². The summed E-state index contributed by atoms with van der Waals surface area (Å²) in [6.07, 6.45) is 0. The van der Waals surface area contributed by atoms with Crippen LogP contribution in [0.15, 0.2) is 91.0 Å². The van der Waals surface area contributed by atoms with Gasteiger partial charge in [-0.15, -0.1) is 0 Å². The predicted octanol–water partition coefficient (Wildman–Crippen LogP) is 5.88. The summed E-state index contributed by atoms with van der Waals surface area (Å²) < 4.78 is 0. The van der Waals surface area contributed by atoms with Gasteiger partial charge in [-0.1, -0.05) is 78.9 Å². The number of para-hydroxylation sites is 1. The number of amides is 1. The van der Waals surface area contributed by atoms with Gasteiger partial charge in [-0.2, -0.15) is 0 Å². The summed E-state index contributed by atoms with van der Waals surface area (Å²) in [4.78, 5) is 29.6. The van der Waals surface area contributed by atoms with Crippen molar-refractivity contribution in [2.75, 3.05) is 5.32 Å². The van der Waals surface area contributed by atoms with Crippen molar-refractivity contribution in [1.82, 2.24) is 4.98 Å². The number of carbonyl (C=O) groups is 1. The molecule has 0 aliphatic heterocycles. The normalized spacial score (nSPS) is 10.5. The molecule has 1 N–H and O–H groups in total. The summed E-state index contributed by atoms with van der Waals surface area (Å²) in [5.74, 6) is -0.447. The number of aromatic nitrogens is 1. The summed E-state index contributed by atoms with van der Waals surface area (Å²) in [6, 6.07) is 26.9. The second-order valence-electron chi connectivity index (χ2n) is 6.95. The molecule has 0 atom stereocenters. The minimum Gasteiger partial charge on any atom is -0.322 e. The molecule has 31 heavy (non-hydrogen) atoms. The van der Waals surface area contributed by atoms with Crippen molar-refractivity contribution in [3.05, 3.63) is 112 Å². The number of hydrogen-bond acceptors (Lipinski definition) is 4. The summed E-state index contributed by atoms with van der Waals surface area (Å²) in [6.45, 7) is 1.70. The maximum absolute atomic E-state index is 13.3. The lowest BCUT2D eigenvalue weighted by molar-refractivity contribution is -0.383. The summed E-state index contributed by atoms with van der Waals surface area (Å²) in [5, 5.41) is 15.1. The van der Waals surface area contributed by atoms with Gasteiger partial charge in [0.2, 0.25) is 0 Å². The van der Waals surface area contributed by atoms with E-state index in [2.05, 4.69) is 10.3 Å². The Hall–Kier alpha value is -4.32. The molecule has 0 saturated carbocycles. The van der Waals surface area contributed by atoms with Crippen LogP contribution >= 0.6 is 0 Å². The van der Waals surface area contributed by atoms with Crippen molar-refractivity contribution in [2.45, 2.75) is 6.92 Å². The van der Waals surface area contributed by atoms with Crippen molar-refractivity contribution in [3.8, 4) is 22.4 Å².